The van der Waals surface area contributed by atoms with E-state index in [4.69, 9.17) is 5.11 Å². The van der Waals surface area contributed by atoms with Crippen molar-refractivity contribution in [2.24, 2.45) is 11.8 Å². The van der Waals surface area contributed by atoms with Gasteiger partial charge in [0.15, 0.2) is 0 Å². The Labute approximate surface area is 707 Å². The number of nitrogens with zero attached hydrogens (tertiary/aromatic N) is 3. The first-order chi connectivity index (χ1) is 56.3. The number of hydrogen-bond acceptors (Lipinski definition) is 11. The van der Waals surface area contributed by atoms with E-state index in [0.29, 0.717) is 55.5 Å². The normalized spacial score (nSPS) is 18.1. The molecule has 0 unspecified atom stereocenters. The second kappa shape index (κ2) is 41.5. The molecule has 4 aliphatic rings. The van der Waals surface area contributed by atoms with Crippen LogP contribution in [0.1, 0.15) is 102 Å². The molecule has 7 amide bonds. The van der Waals surface area contributed by atoms with Crippen LogP contribution in [-0.4, -0.2) is 193 Å². The standard InChI is InChI=1S/C23H24FN3O2.2C22H23FN4O2.C15H10FNO2.C8H16N2O.CH4.2ClH.H2/c1-25-22(28)17-7-10-19(11-17)27(2)23(29)21-13-16-4-3-15(12-20(16)26-21)14-5-8-18(24)9-6-14;2*1-24-21(28)19-11-17(12-25-19)27(2)22(29)20-10-15-4-3-14(9-18(15)26-20)13-5-7-16(23)8-6-13;16-12-5-3-9(4-6-12)10-1-2-11-8-14(15(18)19)17-13(11)7-10;1-9-7-4-3-6(5-7)8(11)10-2;;;;/h3-6,8-9,12-13,17,19,26H,7,10-11H2,1-2H3,(H,25,28);2*3-10,17,19,25-26H,11-12H2,1-2H3,(H,24,28);1-8,17H,(H,18,19);6-7,9H,3-5H2,1-2H3,(H,10,11);1H4;3*1H/t17-,19+;2*17-,19-;;6-,7+;;;;/m000.0..../s1. The highest BCUT2D eigenvalue weighted by Gasteiger charge is 2.37. The zero-order valence-corrected chi connectivity index (χ0v) is 68.7. The molecule has 0 radical (unpaired) electrons. The fourth-order valence-corrected chi connectivity index (χ4v) is 15.5. The summed E-state index contributed by atoms with van der Waals surface area (Å²) in [6.07, 6.45) is 6.64. The van der Waals surface area contributed by atoms with Crippen molar-refractivity contribution in [3.8, 4) is 44.5 Å². The van der Waals surface area contributed by atoms with Crippen molar-refractivity contribution in [3.05, 3.63) is 240 Å². The molecule has 16 rings (SSSR count). The number of aromatic nitrogens is 4. The maximum Gasteiger partial charge on any atom is 0.352 e. The number of aromatic amines is 4. The summed E-state index contributed by atoms with van der Waals surface area (Å²) < 4.78 is 52.4. The number of benzene rings is 8. The maximum atomic E-state index is 13.2. The van der Waals surface area contributed by atoms with E-state index in [1.165, 1.54) is 48.5 Å². The van der Waals surface area contributed by atoms with Gasteiger partial charge < -0.3 is 77.0 Å². The Balaban J connectivity index is 0.000000192. The van der Waals surface area contributed by atoms with Gasteiger partial charge in [-0.2, -0.15) is 0 Å². The van der Waals surface area contributed by atoms with E-state index in [0.717, 1.165) is 120 Å². The molecule has 4 aromatic heterocycles. The second-order valence-electron chi connectivity index (χ2n) is 29.8. The molecule has 6 heterocycles. The number of carboxylic acids is 1. The number of likely N-dealkylation sites (N-methyl/N-ethyl adjacent to an activating group) is 4. The van der Waals surface area contributed by atoms with Crippen LogP contribution >= 0.6 is 24.8 Å². The van der Waals surface area contributed by atoms with Crippen molar-refractivity contribution >= 4 is 116 Å². The molecule has 120 heavy (non-hydrogen) atoms. The molecular weight excluding hydrogens is 1580 g/mol. The van der Waals surface area contributed by atoms with E-state index >= 15 is 0 Å². The van der Waals surface area contributed by atoms with Crippen LogP contribution in [0.4, 0.5) is 17.6 Å². The van der Waals surface area contributed by atoms with Gasteiger partial charge in [-0.05, 0) is 200 Å². The Kier molecular flexibility index (Phi) is 31.7. The summed E-state index contributed by atoms with van der Waals surface area (Å²) in [5, 5.41) is 32.7. The number of aromatic carboxylic acids is 1. The van der Waals surface area contributed by atoms with Gasteiger partial charge in [0.05, 0.1) is 12.1 Å². The van der Waals surface area contributed by atoms with Crippen LogP contribution in [0.2, 0.25) is 0 Å². The predicted octanol–water partition coefficient (Wildman–Crippen LogP) is 14.5. The molecule has 8 aromatic carbocycles. The highest BCUT2D eigenvalue weighted by molar-refractivity contribution is 6.02. The molecule has 2 saturated heterocycles. The van der Waals surface area contributed by atoms with Gasteiger partial charge in [0, 0.05) is 143 Å². The molecule has 634 valence electrons. The first kappa shape index (κ1) is 91.8. The van der Waals surface area contributed by atoms with Gasteiger partial charge in [-0.1, -0.05) is 104 Å². The van der Waals surface area contributed by atoms with Crippen LogP contribution in [0.3, 0.4) is 0 Å². The average Bonchev–Trinajstić information content (AvgIpc) is 1.66. The molecule has 12 N–H and O–H groups in total. The van der Waals surface area contributed by atoms with Gasteiger partial charge in [0.2, 0.25) is 23.6 Å². The molecule has 0 bridgehead atoms. The first-order valence-electron chi connectivity index (χ1n) is 38.9. The Morgan fingerprint density at radius 3 is 0.917 bits per heavy atom. The summed E-state index contributed by atoms with van der Waals surface area (Å²) >= 11 is 0. The van der Waals surface area contributed by atoms with Gasteiger partial charge in [-0.3, -0.25) is 33.6 Å². The lowest BCUT2D eigenvalue weighted by Gasteiger charge is -2.24. The smallest absolute Gasteiger partial charge is 0.352 e. The van der Waals surface area contributed by atoms with E-state index < -0.39 is 5.97 Å². The first-order valence-corrected chi connectivity index (χ1v) is 38.9. The highest BCUT2D eigenvalue weighted by atomic mass is 35.5. The number of H-pyrrole nitrogens is 4. The summed E-state index contributed by atoms with van der Waals surface area (Å²) in [4.78, 5) is 114. The molecular formula is C91H104Cl2F4N14O9. The number of rotatable bonds is 16. The molecule has 4 fully saturated rings. The molecule has 29 heteroatoms. The Hall–Kier alpha value is -12.1. The van der Waals surface area contributed by atoms with Gasteiger partial charge in [-0.25, -0.2) is 22.4 Å². The third-order valence-corrected chi connectivity index (χ3v) is 22.5. The molecule has 2 aliphatic carbocycles. The number of carboxylic acid groups (broad SMARTS) is 1. The van der Waals surface area contributed by atoms with Crippen LogP contribution < -0.4 is 37.2 Å². The number of amides is 7. The maximum absolute atomic E-state index is 13.2. The highest BCUT2D eigenvalue weighted by Crippen LogP contribution is 2.34. The van der Waals surface area contributed by atoms with Gasteiger partial charge in [0.1, 0.15) is 46.0 Å². The van der Waals surface area contributed by atoms with Crippen molar-refractivity contribution in [3.63, 3.8) is 0 Å². The Bertz CT molecular complexity index is 5190. The summed E-state index contributed by atoms with van der Waals surface area (Å²) in [7, 11) is 13.8. The van der Waals surface area contributed by atoms with Crippen molar-refractivity contribution in [1.82, 2.24) is 71.9 Å². The van der Waals surface area contributed by atoms with Crippen LogP contribution in [0.25, 0.3) is 88.1 Å². The topological polar surface area (TPSA) is 314 Å². The third-order valence-electron chi connectivity index (χ3n) is 22.5. The SMILES string of the molecule is C.CNC(=O)[C@@H]1C[C@H](N(C)C(=O)c2cc3ccc(-c4ccc(F)cc4)cc3[nH]2)CN1.CNC(=O)[C@@H]1C[C@H](N(C)C(=O)c2cc3ccc(-c4ccc(F)cc4)cc3[nH]2)CN1.CNC(=O)[C@H]1CC[C@@H](N(C)C(=O)c2cc3ccc(-c4ccc(F)cc4)cc3[nH]2)C1.CNC(=O)[C@H]1CC[C@@H](NC)C1.Cl.Cl.O=C(O)c1cc2ccc(-c3ccc(F)cc3)cc2[nH]1.[HH]. The number of halogens is 6. The monoisotopic (exact) mass is 1680 g/mol. The van der Waals surface area contributed by atoms with Crippen molar-refractivity contribution < 1.29 is 62.5 Å². The predicted molar refractivity (Wildman–Crippen MR) is 469 cm³/mol. The van der Waals surface area contributed by atoms with Crippen LogP contribution in [0.15, 0.2) is 194 Å². The van der Waals surface area contributed by atoms with Gasteiger partial charge in [0.25, 0.3) is 17.7 Å². The van der Waals surface area contributed by atoms with Gasteiger partial charge in [-0.15, -0.1) is 24.8 Å². The average molecular weight is 1680 g/mol. The zero-order chi connectivity index (χ0) is 83.3. The van der Waals surface area contributed by atoms with Gasteiger partial charge >= 0.3 is 5.97 Å². The summed E-state index contributed by atoms with van der Waals surface area (Å²) in [6, 6.07) is 55.4. The summed E-state index contributed by atoms with van der Waals surface area (Å²) in [5.41, 5.74) is 12.4. The fourth-order valence-electron chi connectivity index (χ4n) is 15.5. The summed E-state index contributed by atoms with van der Waals surface area (Å²) in [6.45, 7) is 1.16. The molecule has 0 spiro atoms. The van der Waals surface area contributed by atoms with Crippen molar-refractivity contribution in [2.75, 3.05) is 69.5 Å². The van der Waals surface area contributed by atoms with E-state index in [1.54, 1.807) is 119 Å². The van der Waals surface area contributed by atoms with E-state index in [2.05, 4.69) is 57.2 Å². The lowest BCUT2D eigenvalue weighted by Crippen LogP contribution is -2.38. The minimum absolute atomic E-state index is 0. The minimum Gasteiger partial charge on any atom is -0.477 e. The largest absolute Gasteiger partial charge is 0.477 e. The number of fused-ring (bicyclic) bond motifs is 4. The summed E-state index contributed by atoms with van der Waals surface area (Å²) in [5.74, 6) is -2.05. The quantitative estimate of drug-likeness (QED) is 0.0402. The Morgan fingerprint density at radius 1 is 0.350 bits per heavy atom. The number of carbonyl (C=O) groups is 8. The lowest BCUT2D eigenvalue weighted by atomic mass is 10.0. The molecule has 2 aliphatic heterocycles. The minimum atomic E-state index is -0.987. The number of carbonyl (C=O) groups excluding carboxylic acids is 7. The molecule has 8 atom stereocenters. The van der Waals surface area contributed by atoms with Crippen LogP contribution in [-0.2, 0) is 19.2 Å². The van der Waals surface area contributed by atoms with Crippen LogP contribution in [0, 0.1) is 35.1 Å². The van der Waals surface area contributed by atoms with E-state index in [-0.39, 0.29) is 146 Å². The lowest BCUT2D eigenvalue weighted by molar-refractivity contribution is -0.125. The van der Waals surface area contributed by atoms with E-state index in [1.807, 2.05) is 98.0 Å². The molecule has 2 saturated carbocycles. The Morgan fingerprint density at radius 2 is 0.625 bits per heavy atom. The van der Waals surface area contributed by atoms with Crippen molar-refractivity contribution in [1.29, 1.82) is 0 Å². The zero-order valence-electron chi connectivity index (χ0n) is 67.0. The number of hydrogen-bond donors (Lipinski definition) is 12. The van der Waals surface area contributed by atoms with Crippen molar-refractivity contribution in [2.45, 2.75) is 95.0 Å². The molecule has 12 aromatic rings. The third kappa shape index (κ3) is 22.0. The van der Waals surface area contributed by atoms with E-state index in [9.17, 15) is 55.9 Å². The second-order valence-corrected chi connectivity index (χ2v) is 29.8. The fraction of sp³-hybridized carbons (Fsp3) is 0.297. The molecule has 23 nitrogen and oxygen atoms in total. The van der Waals surface area contributed by atoms with Crippen LogP contribution in [0.5, 0.6) is 0 Å². The number of nitrogens with one attached hydrogen (secondary N) is 11.